The van der Waals surface area contributed by atoms with E-state index in [9.17, 15) is 4.79 Å². The van der Waals surface area contributed by atoms with Gasteiger partial charge in [-0.15, -0.1) is 0 Å². The van der Waals surface area contributed by atoms with Crippen LogP contribution in [0.15, 0.2) is 24.3 Å². The highest BCUT2D eigenvalue weighted by Crippen LogP contribution is 2.29. The van der Waals surface area contributed by atoms with E-state index < -0.39 is 0 Å². The maximum absolute atomic E-state index is 12.8. The molecule has 1 aromatic heterocycles. The van der Waals surface area contributed by atoms with Gasteiger partial charge in [0.2, 0.25) is 0 Å². The van der Waals surface area contributed by atoms with E-state index in [2.05, 4.69) is 27.1 Å². The molecule has 1 fully saturated rings. The molecule has 7 nitrogen and oxygen atoms in total. The number of methoxy groups -OCH3 is 2. The summed E-state index contributed by atoms with van der Waals surface area (Å²) < 4.78 is 10.5. The molecule has 0 bridgehead atoms. The number of benzene rings is 1. The topological polar surface area (TPSA) is 76.6 Å². The maximum Gasteiger partial charge on any atom is 0.274 e. The SMILES string of the molecule is COc1ccc(NC(=O)c2cc(N3CCCC(C)C3)nc(C)n2)c(OC)c1. The fourth-order valence-corrected chi connectivity index (χ4v) is 3.32. The fourth-order valence-electron chi connectivity index (χ4n) is 3.32. The van der Waals surface area contributed by atoms with Crippen molar-refractivity contribution in [2.45, 2.75) is 26.7 Å². The van der Waals surface area contributed by atoms with Crippen LogP contribution in [0.5, 0.6) is 11.5 Å². The largest absolute Gasteiger partial charge is 0.497 e. The van der Waals surface area contributed by atoms with Crippen molar-refractivity contribution < 1.29 is 14.3 Å². The number of aromatic nitrogens is 2. The van der Waals surface area contributed by atoms with Crippen LogP contribution in [0.4, 0.5) is 11.5 Å². The number of ether oxygens (including phenoxy) is 2. The number of aryl methyl sites for hydroxylation is 1. The van der Waals surface area contributed by atoms with E-state index in [4.69, 9.17) is 9.47 Å². The molecule has 1 amide bonds. The highest BCUT2D eigenvalue weighted by molar-refractivity contribution is 6.04. The minimum Gasteiger partial charge on any atom is -0.497 e. The highest BCUT2D eigenvalue weighted by atomic mass is 16.5. The summed E-state index contributed by atoms with van der Waals surface area (Å²) in [5.41, 5.74) is 0.904. The highest BCUT2D eigenvalue weighted by Gasteiger charge is 2.20. The molecule has 1 aromatic carbocycles. The number of hydrogen-bond donors (Lipinski definition) is 1. The molecule has 1 saturated heterocycles. The Balaban J connectivity index is 1.83. The predicted octanol–water partition coefficient (Wildman–Crippen LogP) is 3.29. The molecule has 1 unspecified atom stereocenters. The average Bonchev–Trinajstić information content (AvgIpc) is 2.67. The molecule has 1 N–H and O–H groups in total. The second-order valence-corrected chi connectivity index (χ2v) is 6.87. The van der Waals surface area contributed by atoms with E-state index in [1.165, 1.54) is 6.42 Å². The Kier molecular flexibility index (Phi) is 5.78. The Bertz CT molecular complexity index is 825. The molecule has 3 rings (SSSR count). The van der Waals surface area contributed by atoms with Crippen LogP contribution in [-0.2, 0) is 0 Å². The summed E-state index contributed by atoms with van der Waals surface area (Å²) >= 11 is 0. The molecule has 144 valence electrons. The van der Waals surface area contributed by atoms with E-state index in [0.717, 1.165) is 25.3 Å². The van der Waals surface area contributed by atoms with Gasteiger partial charge in [-0.2, -0.15) is 0 Å². The lowest BCUT2D eigenvalue weighted by atomic mass is 10.0. The zero-order chi connectivity index (χ0) is 19.4. The first-order valence-electron chi connectivity index (χ1n) is 9.14. The summed E-state index contributed by atoms with van der Waals surface area (Å²) in [5.74, 6) is 2.89. The quantitative estimate of drug-likeness (QED) is 0.870. The first-order chi connectivity index (χ1) is 13.0. The maximum atomic E-state index is 12.8. The van der Waals surface area contributed by atoms with Gasteiger partial charge in [0.15, 0.2) is 0 Å². The third kappa shape index (κ3) is 4.48. The summed E-state index contributed by atoms with van der Waals surface area (Å²) in [7, 11) is 3.13. The number of carbonyl (C=O) groups is 1. The van der Waals surface area contributed by atoms with Crippen molar-refractivity contribution in [2.75, 3.05) is 37.5 Å². The molecule has 7 heteroatoms. The number of anilines is 2. The Morgan fingerprint density at radius 1 is 1.22 bits per heavy atom. The monoisotopic (exact) mass is 370 g/mol. The van der Waals surface area contributed by atoms with Crippen LogP contribution in [-0.4, -0.2) is 43.2 Å². The molecule has 0 spiro atoms. The number of hydrogen-bond acceptors (Lipinski definition) is 6. The zero-order valence-corrected chi connectivity index (χ0v) is 16.3. The smallest absolute Gasteiger partial charge is 0.274 e. The van der Waals surface area contributed by atoms with Gasteiger partial charge in [-0.3, -0.25) is 4.79 Å². The lowest BCUT2D eigenvalue weighted by molar-refractivity contribution is 0.102. The molecular formula is C20H26N4O3. The third-order valence-corrected chi connectivity index (χ3v) is 4.69. The summed E-state index contributed by atoms with van der Waals surface area (Å²) in [4.78, 5) is 23.9. The Morgan fingerprint density at radius 2 is 2.04 bits per heavy atom. The summed E-state index contributed by atoms with van der Waals surface area (Å²) in [6, 6.07) is 7.00. The number of rotatable bonds is 5. The number of piperidine rings is 1. The molecule has 0 aliphatic carbocycles. The molecular weight excluding hydrogens is 344 g/mol. The van der Waals surface area contributed by atoms with Crippen LogP contribution < -0.4 is 19.7 Å². The Hall–Kier alpha value is -2.83. The fraction of sp³-hybridized carbons (Fsp3) is 0.450. The minimum absolute atomic E-state index is 0.296. The van der Waals surface area contributed by atoms with E-state index in [1.807, 2.05) is 6.92 Å². The van der Waals surface area contributed by atoms with Crippen LogP contribution in [0.3, 0.4) is 0 Å². The van der Waals surface area contributed by atoms with Crippen molar-refractivity contribution in [1.82, 2.24) is 9.97 Å². The second kappa shape index (κ2) is 8.24. The Labute approximate surface area is 159 Å². The van der Waals surface area contributed by atoms with Gasteiger partial charge in [0.1, 0.15) is 28.8 Å². The van der Waals surface area contributed by atoms with Crippen molar-refractivity contribution in [2.24, 2.45) is 5.92 Å². The molecule has 2 aromatic rings. The van der Waals surface area contributed by atoms with Gasteiger partial charge in [0.05, 0.1) is 19.9 Å². The first-order valence-corrected chi connectivity index (χ1v) is 9.14. The first kappa shape index (κ1) is 18.9. The van der Waals surface area contributed by atoms with Crippen LogP contribution in [0.2, 0.25) is 0 Å². The van der Waals surface area contributed by atoms with Crippen LogP contribution in [0.1, 0.15) is 36.1 Å². The lowest BCUT2D eigenvalue weighted by Gasteiger charge is -2.32. The van der Waals surface area contributed by atoms with Gasteiger partial charge < -0.3 is 19.7 Å². The van der Waals surface area contributed by atoms with Gasteiger partial charge in [-0.05, 0) is 37.8 Å². The number of amides is 1. The van der Waals surface area contributed by atoms with E-state index >= 15 is 0 Å². The van der Waals surface area contributed by atoms with Gasteiger partial charge in [-0.25, -0.2) is 9.97 Å². The molecule has 0 radical (unpaired) electrons. The number of nitrogens with zero attached hydrogens (tertiary/aromatic N) is 3. The van der Waals surface area contributed by atoms with Crippen LogP contribution in [0.25, 0.3) is 0 Å². The molecule has 27 heavy (non-hydrogen) atoms. The van der Waals surface area contributed by atoms with Crippen molar-refractivity contribution >= 4 is 17.4 Å². The Morgan fingerprint density at radius 3 is 2.74 bits per heavy atom. The van der Waals surface area contributed by atoms with E-state index in [0.29, 0.717) is 34.6 Å². The van der Waals surface area contributed by atoms with Crippen molar-refractivity contribution in [3.8, 4) is 11.5 Å². The molecule has 0 saturated carbocycles. The summed E-state index contributed by atoms with van der Waals surface area (Å²) in [5, 5.41) is 2.87. The minimum atomic E-state index is -0.296. The average molecular weight is 370 g/mol. The van der Waals surface area contributed by atoms with Crippen LogP contribution in [0, 0.1) is 12.8 Å². The van der Waals surface area contributed by atoms with Crippen molar-refractivity contribution in [3.05, 3.63) is 35.8 Å². The molecule has 1 aliphatic rings. The molecule has 1 atom stereocenters. The number of nitrogens with one attached hydrogen (secondary N) is 1. The lowest BCUT2D eigenvalue weighted by Crippen LogP contribution is -2.35. The molecule has 1 aliphatic heterocycles. The second-order valence-electron chi connectivity index (χ2n) is 6.87. The predicted molar refractivity (Wildman–Crippen MR) is 105 cm³/mol. The van der Waals surface area contributed by atoms with Gasteiger partial charge in [-0.1, -0.05) is 6.92 Å². The normalized spacial score (nSPS) is 16.7. The molecule has 2 heterocycles. The standard InChI is InChI=1S/C20H26N4O3/c1-13-6-5-9-24(12-13)19-11-17(21-14(2)22-19)20(25)23-16-8-7-15(26-3)10-18(16)27-4/h7-8,10-11,13H,5-6,9,12H2,1-4H3,(H,23,25). The number of carbonyl (C=O) groups excluding carboxylic acids is 1. The van der Waals surface area contributed by atoms with Crippen molar-refractivity contribution in [3.63, 3.8) is 0 Å². The third-order valence-electron chi connectivity index (χ3n) is 4.69. The van der Waals surface area contributed by atoms with E-state index in [1.54, 1.807) is 38.5 Å². The summed E-state index contributed by atoms with van der Waals surface area (Å²) in [6.07, 6.45) is 2.36. The van der Waals surface area contributed by atoms with Crippen LogP contribution >= 0.6 is 0 Å². The van der Waals surface area contributed by atoms with Gasteiger partial charge >= 0.3 is 0 Å². The zero-order valence-electron chi connectivity index (χ0n) is 16.3. The summed E-state index contributed by atoms with van der Waals surface area (Å²) in [6.45, 7) is 5.95. The van der Waals surface area contributed by atoms with E-state index in [-0.39, 0.29) is 5.91 Å². The van der Waals surface area contributed by atoms with Crippen molar-refractivity contribution in [1.29, 1.82) is 0 Å². The van der Waals surface area contributed by atoms with Gasteiger partial charge in [0, 0.05) is 25.2 Å². The van der Waals surface area contributed by atoms with Gasteiger partial charge in [0.25, 0.3) is 5.91 Å².